The van der Waals surface area contributed by atoms with Crippen LogP contribution in [0.15, 0.2) is 23.8 Å². The maximum absolute atomic E-state index is 13.0. The second kappa shape index (κ2) is 6.50. The van der Waals surface area contributed by atoms with Crippen LogP contribution in [-0.2, 0) is 19.1 Å². The molecule has 4 aliphatic carbocycles. The molecule has 4 aliphatic rings. The number of Topliss-reactive ketones (excluding diaryl/α,β-unsaturated/α-hetero) is 1. The number of fused-ring (bicyclic) bond motifs is 5. The number of aliphatic hydroxyl groups excluding tert-OH is 1. The van der Waals surface area contributed by atoms with E-state index in [0.717, 1.165) is 0 Å². The van der Waals surface area contributed by atoms with Gasteiger partial charge in [0.1, 0.15) is 0 Å². The van der Waals surface area contributed by atoms with Crippen molar-refractivity contribution in [2.45, 2.75) is 51.7 Å². The second-order valence-electron chi connectivity index (χ2n) is 9.63. The van der Waals surface area contributed by atoms with Gasteiger partial charge in [-0.05, 0) is 42.7 Å². The minimum atomic E-state index is -1.78. The summed E-state index contributed by atoms with van der Waals surface area (Å²) in [5.41, 5.74) is -3.01. The van der Waals surface area contributed by atoms with Crippen LogP contribution < -0.4 is 0 Å². The maximum Gasteiger partial charge on any atom is 0.340 e. The first-order chi connectivity index (χ1) is 13.5. The average Bonchev–Trinajstić information content (AvgIpc) is 2.84. The van der Waals surface area contributed by atoms with E-state index in [0.29, 0.717) is 12.0 Å². The Balaban J connectivity index is 1.80. The summed E-state index contributed by atoms with van der Waals surface area (Å²) >= 11 is 5.58. The summed E-state index contributed by atoms with van der Waals surface area (Å²) < 4.78 is 4.99. The first-order valence-electron chi connectivity index (χ1n) is 10.1. The monoisotopic (exact) mass is 422 g/mol. The van der Waals surface area contributed by atoms with Crippen molar-refractivity contribution in [1.82, 2.24) is 0 Å². The van der Waals surface area contributed by atoms with Gasteiger partial charge in [-0.15, -0.1) is 0 Å². The second-order valence-corrected chi connectivity index (χ2v) is 9.85. The van der Waals surface area contributed by atoms with Crippen molar-refractivity contribution >= 4 is 29.1 Å². The smallest absolute Gasteiger partial charge is 0.340 e. The molecule has 4 rings (SSSR count). The number of alkyl halides is 1. The molecule has 158 valence electrons. The Morgan fingerprint density at radius 2 is 2.03 bits per heavy atom. The number of hydrogen-bond donors (Lipinski definition) is 2. The summed E-state index contributed by atoms with van der Waals surface area (Å²) in [6.45, 7) is 5.51. The van der Waals surface area contributed by atoms with Gasteiger partial charge in [-0.25, -0.2) is 4.79 Å². The quantitative estimate of drug-likeness (QED) is 0.522. The van der Waals surface area contributed by atoms with E-state index >= 15 is 0 Å². The number of carbonyl (C=O) groups excluding carboxylic acids is 3. The van der Waals surface area contributed by atoms with Gasteiger partial charge in [-0.3, -0.25) is 9.59 Å². The average molecular weight is 423 g/mol. The van der Waals surface area contributed by atoms with E-state index in [1.807, 2.05) is 13.8 Å². The fourth-order valence-electron chi connectivity index (χ4n) is 7.10. The van der Waals surface area contributed by atoms with E-state index in [9.17, 15) is 24.6 Å². The van der Waals surface area contributed by atoms with Crippen LogP contribution in [0.2, 0.25) is 0 Å². The third-order valence-electron chi connectivity index (χ3n) is 8.41. The van der Waals surface area contributed by atoms with Crippen LogP contribution in [0.3, 0.4) is 0 Å². The third kappa shape index (κ3) is 2.52. The summed E-state index contributed by atoms with van der Waals surface area (Å²) in [6.07, 6.45) is 4.70. The van der Waals surface area contributed by atoms with Crippen LogP contribution in [0.5, 0.6) is 0 Å². The summed E-state index contributed by atoms with van der Waals surface area (Å²) in [7, 11) is 0. The molecule has 8 atom stereocenters. The number of halogens is 1. The fraction of sp³-hybridized carbons (Fsp3) is 0.682. The van der Waals surface area contributed by atoms with Crippen molar-refractivity contribution in [1.29, 1.82) is 0 Å². The van der Waals surface area contributed by atoms with Crippen molar-refractivity contribution in [2.24, 2.45) is 34.5 Å². The third-order valence-corrected chi connectivity index (χ3v) is 8.52. The van der Waals surface area contributed by atoms with Crippen molar-refractivity contribution < 1.29 is 29.3 Å². The van der Waals surface area contributed by atoms with Gasteiger partial charge in [-0.2, -0.15) is 0 Å². The molecule has 3 fully saturated rings. The minimum Gasteiger partial charge on any atom is -0.447 e. The number of esters is 1. The Labute approximate surface area is 174 Å². The first-order valence-corrected chi connectivity index (χ1v) is 10.7. The molecular weight excluding hydrogens is 396 g/mol. The van der Waals surface area contributed by atoms with Crippen LogP contribution in [0.4, 0.5) is 0 Å². The predicted octanol–water partition coefficient (Wildman–Crippen LogP) is 2.16. The van der Waals surface area contributed by atoms with Gasteiger partial charge in [0.25, 0.3) is 0 Å². The number of ether oxygens (including phenoxy) is 1. The highest BCUT2D eigenvalue weighted by Crippen LogP contribution is 2.67. The molecule has 0 amide bonds. The summed E-state index contributed by atoms with van der Waals surface area (Å²) in [5, 5.41) is 22.8. The fourth-order valence-corrected chi connectivity index (χ4v) is 7.20. The van der Waals surface area contributed by atoms with Gasteiger partial charge < -0.3 is 14.9 Å². The molecule has 0 saturated heterocycles. The van der Waals surface area contributed by atoms with Crippen LogP contribution in [-0.4, -0.2) is 45.5 Å². The normalized spacial score (nSPS) is 48.5. The molecule has 0 heterocycles. The Hall–Kier alpha value is -1.50. The summed E-state index contributed by atoms with van der Waals surface area (Å²) in [4.78, 5) is 37.6. The molecule has 0 spiro atoms. The molecule has 2 N–H and O–H groups in total. The SMILES string of the molecule is C[C@H]1C[C@H]2[C@@H]3CC(=O)C4=CC(=O)C=C[C@]4(C)[C@H]3[C@@H](O)C[C@]2(C)[C@@]1(O)C(=O)OCCl. The maximum atomic E-state index is 13.0. The predicted molar refractivity (Wildman–Crippen MR) is 105 cm³/mol. The molecular formula is C22H27ClO6. The van der Waals surface area contributed by atoms with Gasteiger partial charge in [-0.1, -0.05) is 38.4 Å². The molecule has 3 saturated carbocycles. The highest BCUT2D eigenvalue weighted by atomic mass is 35.5. The standard InChI is InChI=1S/C22H27ClO6/c1-11-6-14-13-8-16(25)15-7-12(24)4-5-20(15,2)18(13)17(26)9-21(14,3)22(11,28)19(27)29-10-23/h4-5,7,11,13-14,17-18,26,28H,6,8-10H2,1-3H3/t11-,13-,14-,17-,18+,20-,21-,22-/m0/s1. The van der Waals surface area contributed by atoms with Gasteiger partial charge in [0.15, 0.2) is 23.2 Å². The number of ketones is 2. The van der Waals surface area contributed by atoms with Crippen molar-refractivity contribution in [3.63, 3.8) is 0 Å². The molecule has 29 heavy (non-hydrogen) atoms. The lowest BCUT2D eigenvalue weighted by Crippen LogP contribution is -2.63. The van der Waals surface area contributed by atoms with E-state index < -0.39 is 34.4 Å². The summed E-state index contributed by atoms with van der Waals surface area (Å²) in [6, 6.07) is -0.354. The van der Waals surface area contributed by atoms with Crippen LogP contribution in [0.1, 0.15) is 40.0 Å². The molecule has 6 nitrogen and oxygen atoms in total. The minimum absolute atomic E-state index is 0.102. The summed E-state index contributed by atoms with van der Waals surface area (Å²) in [5.74, 6) is -2.12. The molecule has 7 heteroatoms. The van der Waals surface area contributed by atoms with E-state index in [2.05, 4.69) is 0 Å². The number of aliphatic hydroxyl groups is 2. The number of carbonyl (C=O) groups is 3. The number of rotatable bonds is 2. The zero-order valence-corrected chi connectivity index (χ0v) is 17.6. The highest BCUT2D eigenvalue weighted by Gasteiger charge is 2.72. The van der Waals surface area contributed by atoms with Crippen LogP contribution >= 0.6 is 11.6 Å². The molecule has 0 unspecified atom stereocenters. The zero-order valence-electron chi connectivity index (χ0n) is 16.9. The Kier molecular flexibility index (Phi) is 4.65. The van der Waals surface area contributed by atoms with E-state index in [-0.39, 0.29) is 48.2 Å². The molecule has 0 aromatic carbocycles. The van der Waals surface area contributed by atoms with Crippen molar-refractivity contribution in [2.75, 3.05) is 6.07 Å². The van der Waals surface area contributed by atoms with Gasteiger partial charge in [0, 0.05) is 28.7 Å². The number of allylic oxidation sites excluding steroid dienone is 4. The number of hydrogen-bond acceptors (Lipinski definition) is 6. The topological polar surface area (TPSA) is 101 Å². The van der Waals surface area contributed by atoms with Crippen molar-refractivity contribution in [3.8, 4) is 0 Å². The molecule has 0 aliphatic heterocycles. The first kappa shape index (κ1) is 20.8. The van der Waals surface area contributed by atoms with E-state index in [4.69, 9.17) is 16.3 Å². The molecule has 0 aromatic heterocycles. The van der Waals surface area contributed by atoms with E-state index in [1.54, 1.807) is 13.0 Å². The zero-order chi connectivity index (χ0) is 21.4. The molecule has 0 aromatic rings. The lowest BCUT2D eigenvalue weighted by molar-refractivity contribution is -0.200. The van der Waals surface area contributed by atoms with Gasteiger partial charge in [0.2, 0.25) is 0 Å². The largest absolute Gasteiger partial charge is 0.447 e. The Morgan fingerprint density at radius 3 is 2.69 bits per heavy atom. The van der Waals surface area contributed by atoms with Crippen molar-refractivity contribution in [3.05, 3.63) is 23.8 Å². The highest BCUT2D eigenvalue weighted by molar-refractivity contribution is 6.17. The van der Waals surface area contributed by atoms with Crippen LogP contribution in [0.25, 0.3) is 0 Å². The van der Waals surface area contributed by atoms with Crippen LogP contribution in [0, 0.1) is 34.5 Å². The molecule has 0 radical (unpaired) electrons. The van der Waals surface area contributed by atoms with Gasteiger partial charge in [0.05, 0.1) is 6.10 Å². The van der Waals surface area contributed by atoms with E-state index in [1.165, 1.54) is 12.2 Å². The molecule has 0 bridgehead atoms. The lowest BCUT2D eigenvalue weighted by atomic mass is 9.46. The Bertz CT molecular complexity index is 848. The Morgan fingerprint density at radius 1 is 1.34 bits per heavy atom. The van der Waals surface area contributed by atoms with Gasteiger partial charge >= 0.3 is 5.97 Å². The lowest BCUT2D eigenvalue weighted by Gasteiger charge is -2.58.